The van der Waals surface area contributed by atoms with E-state index in [9.17, 15) is 4.79 Å². The second kappa shape index (κ2) is 11.8. The summed E-state index contributed by atoms with van der Waals surface area (Å²) in [5.41, 5.74) is 6.20. The molecule has 4 saturated carbocycles. The van der Waals surface area contributed by atoms with Gasteiger partial charge in [0.2, 0.25) is 0 Å². The lowest BCUT2D eigenvalue weighted by Crippen LogP contribution is -2.51. The van der Waals surface area contributed by atoms with Crippen LogP contribution >= 0.6 is 0 Å². The third kappa shape index (κ3) is 5.81. The Bertz CT molecular complexity index is 1360. The first-order chi connectivity index (χ1) is 20.6. The summed E-state index contributed by atoms with van der Waals surface area (Å²) in [6.07, 6.45) is 8.32. The zero-order chi connectivity index (χ0) is 28.5. The molecule has 5 nitrogen and oxygen atoms in total. The van der Waals surface area contributed by atoms with Crippen molar-refractivity contribution in [1.82, 2.24) is 10.2 Å². The van der Waals surface area contributed by atoms with E-state index >= 15 is 0 Å². The summed E-state index contributed by atoms with van der Waals surface area (Å²) in [7, 11) is 0. The normalized spacial score (nSPS) is 26.8. The minimum Gasteiger partial charge on any atom is -0.494 e. The molecule has 4 aliphatic carbocycles. The largest absolute Gasteiger partial charge is 0.494 e. The van der Waals surface area contributed by atoms with Gasteiger partial charge in [-0.05, 0) is 122 Å². The molecular weight excluding hydrogens is 518 g/mol. The van der Waals surface area contributed by atoms with Crippen LogP contribution in [0, 0.1) is 23.2 Å². The molecule has 5 aliphatic rings. The first-order valence-electron chi connectivity index (χ1n) is 16.2. The van der Waals surface area contributed by atoms with Gasteiger partial charge >= 0.3 is 0 Å². The van der Waals surface area contributed by atoms with Gasteiger partial charge in [0.05, 0.1) is 6.61 Å². The topological polar surface area (TPSA) is 44.8 Å². The van der Waals surface area contributed by atoms with Gasteiger partial charge in [-0.1, -0.05) is 36.4 Å². The molecule has 8 rings (SSSR count). The summed E-state index contributed by atoms with van der Waals surface area (Å²) in [5.74, 6) is 3.76. The average Bonchev–Trinajstić information content (AvgIpc) is 3.00. The van der Waals surface area contributed by atoms with Gasteiger partial charge in [0.15, 0.2) is 0 Å². The van der Waals surface area contributed by atoms with Crippen molar-refractivity contribution < 1.29 is 9.53 Å². The van der Waals surface area contributed by atoms with Crippen LogP contribution in [0.3, 0.4) is 0 Å². The van der Waals surface area contributed by atoms with Crippen molar-refractivity contribution >= 4 is 11.6 Å². The summed E-state index contributed by atoms with van der Waals surface area (Å²) in [4.78, 5) is 18.1. The quantitative estimate of drug-likeness (QED) is 0.304. The van der Waals surface area contributed by atoms with Crippen LogP contribution in [0.5, 0.6) is 5.75 Å². The molecule has 1 aliphatic heterocycles. The number of amides is 1. The highest BCUT2D eigenvalue weighted by atomic mass is 16.5. The number of hydrogen-bond donors (Lipinski definition) is 1. The highest BCUT2D eigenvalue weighted by Crippen LogP contribution is 2.59. The van der Waals surface area contributed by atoms with Crippen molar-refractivity contribution in [3.8, 4) is 16.9 Å². The predicted octanol–water partition coefficient (Wildman–Crippen LogP) is 7.02. The van der Waals surface area contributed by atoms with E-state index in [4.69, 9.17) is 4.74 Å². The first kappa shape index (κ1) is 27.5. The summed E-state index contributed by atoms with van der Waals surface area (Å²) in [5, 5.41) is 3.34. The zero-order valence-electron chi connectivity index (χ0n) is 25.1. The lowest BCUT2D eigenvalue weighted by Gasteiger charge is -2.56. The number of carbonyl (C=O) groups excluding carboxylic acids is 1. The number of rotatable bonds is 9. The SMILES string of the molecule is CCOc1cccc(-c2ccccc2CN2CCN(c3ccc(C(=O)NCC45CC6CC(CC(C6)C4)C5)cc3)CC2)c1. The van der Waals surface area contributed by atoms with Crippen molar-refractivity contribution in [3.05, 3.63) is 83.9 Å². The number of benzene rings is 3. The molecule has 0 aromatic heterocycles. The molecule has 1 N–H and O–H groups in total. The van der Waals surface area contributed by atoms with Gasteiger partial charge in [0.25, 0.3) is 5.91 Å². The monoisotopic (exact) mass is 563 g/mol. The van der Waals surface area contributed by atoms with E-state index in [0.29, 0.717) is 12.0 Å². The van der Waals surface area contributed by atoms with E-state index in [2.05, 4.69) is 69.7 Å². The number of nitrogens with one attached hydrogen (secondary N) is 1. The van der Waals surface area contributed by atoms with Crippen molar-refractivity contribution in [2.45, 2.75) is 52.0 Å². The van der Waals surface area contributed by atoms with Crippen LogP contribution in [-0.4, -0.2) is 50.1 Å². The maximum Gasteiger partial charge on any atom is 0.251 e. The minimum atomic E-state index is 0.0903. The molecule has 0 unspecified atom stereocenters. The van der Waals surface area contributed by atoms with Gasteiger partial charge in [0.1, 0.15) is 5.75 Å². The molecule has 220 valence electrons. The van der Waals surface area contributed by atoms with Crippen LogP contribution in [0.1, 0.15) is 61.4 Å². The number of ether oxygens (including phenoxy) is 1. The van der Waals surface area contributed by atoms with Crippen LogP contribution in [0.25, 0.3) is 11.1 Å². The summed E-state index contributed by atoms with van der Waals surface area (Å²) >= 11 is 0. The molecule has 1 heterocycles. The Hall–Kier alpha value is -3.31. The Morgan fingerprint density at radius 3 is 2.24 bits per heavy atom. The van der Waals surface area contributed by atoms with E-state index in [1.807, 2.05) is 25.1 Å². The molecule has 4 bridgehead atoms. The van der Waals surface area contributed by atoms with Gasteiger partial charge in [-0.2, -0.15) is 0 Å². The Morgan fingerprint density at radius 2 is 1.55 bits per heavy atom. The van der Waals surface area contributed by atoms with E-state index in [-0.39, 0.29) is 5.91 Å². The Kier molecular flexibility index (Phi) is 7.70. The Balaban J connectivity index is 0.926. The van der Waals surface area contributed by atoms with Crippen molar-refractivity contribution in [2.24, 2.45) is 23.2 Å². The average molecular weight is 564 g/mol. The van der Waals surface area contributed by atoms with Crippen LogP contribution in [-0.2, 0) is 6.54 Å². The highest BCUT2D eigenvalue weighted by molar-refractivity contribution is 5.94. The maximum absolute atomic E-state index is 13.1. The molecule has 5 heteroatoms. The molecule has 42 heavy (non-hydrogen) atoms. The molecule has 0 spiro atoms. The maximum atomic E-state index is 13.1. The fourth-order valence-electron chi connectivity index (χ4n) is 8.96. The predicted molar refractivity (Wildman–Crippen MR) is 170 cm³/mol. The summed E-state index contributed by atoms with van der Waals surface area (Å²) in [6, 6.07) is 25.5. The fourth-order valence-corrected chi connectivity index (χ4v) is 8.96. The molecule has 3 aromatic rings. The van der Waals surface area contributed by atoms with E-state index in [0.717, 1.165) is 68.3 Å². The second-order valence-electron chi connectivity index (χ2n) is 13.5. The lowest BCUT2D eigenvalue weighted by molar-refractivity contribution is -0.0503. The van der Waals surface area contributed by atoms with Crippen LogP contribution in [0.2, 0.25) is 0 Å². The molecule has 0 radical (unpaired) electrons. The van der Waals surface area contributed by atoms with Gasteiger partial charge in [-0.25, -0.2) is 0 Å². The highest BCUT2D eigenvalue weighted by Gasteiger charge is 2.50. The molecular formula is C37H45N3O2. The van der Waals surface area contributed by atoms with Crippen LogP contribution in [0.4, 0.5) is 5.69 Å². The van der Waals surface area contributed by atoms with Crippen LogP contribution in [0.15, 0.2) is 72.8 Å². The summed E-state index contributed by atoms with van der Waals surface area (Å²) in [6.45, 7) is 8.49. The van der Waals surface area contributed by atoms with E-state index < -0.39 is 0 Å². The minimum absolute atomic E-state index is 0.0903. The molecule has 5 fully saturated rings. The second-order valence-corrected chi connectivity index (χ2v) is 13.5. The molecule has 0 atom stereocenters. The van der Waals surface area contributed by atoms with E-state index in [1.165, 1.54) is 60.9 Å². The zero-order valence-corrected chi connectivity index (χ0v) is 25.1. The van der Waals surface area contributed by atoms with Crippen molar-refractivity contribution in [1.29, 1.82) is 0 Å². The molecule has 3 aromatic carbocycles. The van der Waals surface area contributed by atoms with Gasteiger partial charge in [-0.3, -0.25) is 9.69 Å². The van der Waals surface area contributed by atoms with Gasteiger partial charge in [0, 0.05) is 50.5 Å². The number of piperazine rings is 1. The standard InChI is InChI=1S/C37H45N3O2/c1-2-42-34-8-5-7-31(21-34)35-9-4-3-6-32(35)25-39-14-16-40(17-15-39)33-12-10-30(11-13-33)36(41)38-26-37-22-27-18-28(23-37)20-29(19-27)24-37/h3-13,21,27-29H,2,14-20,22-26H2,1H3,(H,38,41). The molecule has 1 amide bonds. The smallest absolute Gasteiger partial charge is 0.251 e. The molecule has 1 saturated heterocycles. The lowest BCUT2D eigenvalue weighted by atomic mass is 9.49. The first-order valence-corrected chi connectivity index (χ1v) is 16.2. The van der Waals surface area contributed by atoms with Crippen LogP contribution < -0.4 is 15.0 Å². The number of carbonyl (C=O) groups is 1. The third-order valence-corrected chi connectivity index (χ3v) is 10.5. The fraction of sp³-hybridized carbons (Fsp3) is 0.486. The van der Waals surface area contributed by atoms with Gasteiger partial charge in [-0.15, -0.1) is 0 Å². The number of hydrogen-bond acceptors (Lipinski definition) is 4. The summed E-state index contributed by atoms with van der Waals surface area (Å²) < 4.78 is 5.75. The van der Waals surface area contributed by atoms with Crippen molar-refractivity contribution in [3.63, 3.8) is 0 Å². The Labute approximate surface area is 251 Å². The third-order valence-electron chi connectivity index (χ3n) is 10.5. The Morgan fingerprint density at radius 1 is 0.857 bits per heavy atom. The van der Waals surface area contributed by atoms with E-state index in [1.54, 1.807) is 0 Å². The number of nitrogens with zero attached hydrogens (tertiary/aromatic N) is 2. The van der Waals surface area contributed by atoms with Gasteiger partial charge < -0.3 is 15.0 Å². The number of anilines is 1. The van der Waals surface area contributed by atoms with Crippen molar-refractivity contribution in [2.75, 3.05) is 44.2 Å².